The zero-order chi connectivity index (χ0) is 32.4. The Hall–Kier alpha value is -6.37. The Labute approximate surface area is 279 Å². The standard InChI is InChI=1S/C45H31N3/c1-29-19-24-43-39(25-29)38-23-21-31(28-46)26-45(38)48(43)40-16-8-5-13-35(40)34-12-4-3-11-33(34)32-22-20-30(2)44(27-32)47-41-17-9-6-14-36(41)37-15-7-10-18-42(37)47/h3-27H,1-2H3. The normalized spacial score (nSPS) is 11.5. The van der Waals surface area contributed by atoms with Gasteiger partial charge in [-0.2, -0.15) is 5.26 Å². The molecule has 2 aromatic heterocycles. The Kier molecular flexibility index (Phi) is 6.32. The summed E-state index contributed by atoms with van der Waals surface area (Å²) in [6.07, 6.45) is 0. The number of aryl methyl sites for hydroxylation is 2. The first-order chi connectivity index (χ1) is 23.6. The summed E-state index contributed by atoms with van der Waals surface area (Å²) in [6, 6.07) is 56.6. The largest absolute Gasteiger partial charge is 0.309 e. The Morgan fingerprint density at radius 2 is 1.04 bits per heavy atom. The lowest BCUT2D eigenvalue weighted by atomic mass is 9.92. The predicted molar refractivity (Wildman–Crippen MR) is 200 cm³/mol. The molecule has 0 saturated carbocycles. The molecule has 226 valence electrons. The van der Waals surface area contributed by atoms with E-state index in [-0.39, 0.29) is 0 Å². The van der Waals surface area contributed by atoms with Crippen molar-refractivity contribution < 1.29 is 0 Å². The summed E-state index contributed by atoms with van der Waals surface area (Å²) in [5, 5.41) is 14.7. The number of hydrogen-bond donors (Lipinski definition) is 0. The molecule has 2 heterocycles. The summed E-state index contributed by atoms with van der Waals surface area (Å²) in [5.74, 6) is 0. The number of para-hydroxylation sites is 3. The molecule has 9 rings (SSSR count). The van der Waals surface area contributed by atoms with Crippen molar-refractivity contribution in [1.82, 2.24) is 9.13 Å². The lowest BCUT2D eigenvalue weighted by Crippen LogP contribution is -1.99. The van der Waals surface area contributed by atoms with Crippen molar-refractivity contribution in [2.75, 3.05) is 0 Å². The first-order valence-electron chi connectivity index (χ1n) is 16.3. The van der Waals surface area contributed by atoms with Crippen LogP contribution in [0.2, 0.25) is 0 Å². The van der Waals surface area contributed by atoms with E-state index >= 15 is 0 Å². The molecule has 0 N–H and O–H groups in total. The molecule has 0 aliphatic carbocycles. The van der Waals surface area contributed by atoms with Crippen molar-refractivity contribution in [2.24, 2.45) is 0 Å². The van der Waals surface area contributed by atoms with Crippen molar-refractivity contribution >= 4 is 43.6 Å². The van der Waals surface area contributed by atoms with E-state index in [0.717, 1.165) is 38.8 Å². The maximum absolute atomic E-state index is 9.84. The van der Waals surface area contributed by atoms with Crippen molar-refractivity contribution in [3.63, 3.8) is 0 Å². The summed E-state index contributed by atoms with van der Waals surface area (Å²) in [4.78, 5) is 0. The minimum Gasteiger partial charge on any atom is -0.309 e. The number of aromatic nitrogens is 2. The fourth-order valence-corrected chi connectivity index (χ4v) is 7.53. The molecule has 0 atom stereocenters. The quantitative estimate of drug-likeness (QED) is 0.194. The third-order valence-corrected chi connectivity index (χ3v) is 9.75. The van der Waals surface area contributed by atoms with Gasteiger partial charge < -0.3 is 9.13 Å². The summed E-state index contributed by atoms with van der Waals surface area (Å²) in [7, 11) is 0. The van der Waals surface area contributed by atoms with Crippen LogP contribution in [0.3, 0.4) is 0 Å². The molecule has 3 heteroatoms. The van der Waals surface area contributed by atoms with Crippen LogP contribution in [0.5, 0.6) is 0 Å². The maximum atomic E-state index is 9.84. The summed E-state index contributed by atoms with van der Waals surface area (Å²) in [5.41, 5.74) is 14.5. The van der Waals surface area contributed by atoms with Crippen LogP contribution in [0, 0.1) is 25.2 Å². The minimum atomic E-state index is 0.651. The van der Waals surface area contributed by atoms with Crippen molar-refractivity contribution in [3.8, 4) is 39.7 Å². The van der Waals surface area contributed by atoms with Gasteiger partial charge in [0.05, 0.1) is 39.4 Å². The van der Waals surface area contributed by atoms with Crippen LogP contribution in [-0.4, -0.2) is 9.13 Å². The Morgan fingerprint density at radius 1 is 0.438 bits per heavy atom. The van der Waals surface area contributed by atoms with E-state index in [0.29, 0.717) is 5.56 Å². The van der Waals surface area contributed by atoms with Gasteiger partial charge in [0.15, 0.2) is 0 Å². The SMILES string of the molecule is Cc1ccc2c(c1)c1ccc(C#N)cc1n2-c1ccccc1-c1ccccc1-c1ccc(C)c(-n2c3ccccc3c3ccccc32)c1. The van der Waals surface area contributed by atoms with Crippen LogP contribution in [0.1, 0.15) is 16.7 Å². The van der Waals surface area contributed by atoms with Crippen LogP contribution < -0.4 is 0 Å². The molecule has 0 fully saturated rings. The van der Waals surface area contributed by atoms with Crippen molar-refractivity contribution in [3.05, 3.63) is 168 Å². The van der Waals surface area contributed by atoms with Gasteiger partial charge in [-0.15, -0.1) is 0 Å². The Morgan fingerprint density at radius 3 is 1.79 bits per heavy atom. The molecular weight excluding hydrogens is 583 g/mol. The van der Waals surface area contributed by atoms with Crippen molar-refractivity contribution in [2.45, 2.75) is 13.8 Å². The zero-order valence-electron chi connectivity index (χ0n) is 26.8. The van der Waals surface area contributed by atoms with E-state index in [1.54, 1.807) is 0 Å². The van der Waals surface area contributed by atoms with Gasteiger partial charge in [0.1, 0.15) is 0 Å². The highest BCUT2D eigenvalue weighted by atomic mass is 15.0. The first kappa shape index (κ1) is 27.9. The number of rotatable bonds is 4. The van der Waals surface area contributed by atoms with Crippen LogP contribution >= 0.6 is 0 Å². The van der Waals surface area contributed by atoms with Gasteiger partial charge in [0, 0.05) is 32.8 Å². The Bertz CT molecular complexity index is 2710. The van der Waals surface area contributed by atoms with Gasteiger partial charge in [0.25, 0.3) is 0 Å². The van der Waals surface area contributed by atoms with Gasteiger partial charge in [0.2, 0.25) is 0 Å². The maximum Gasteiger partial charge on any atom is 0.0992 e. The lowest BCUT2D eigenvalue weighted by molar-refractivity contribution is 1.15. The third kappa shape index (κ3) is 4.20. The number of fused-ring (bicyclic) bond motifs is 6. The zero-order valence-corrected chi connectivity index (χ0v) is 26.8. The molecule has 7 aromatic carbocycles. The average molecular weight is 614 g/mol. The minimum absolute atomic E-state index is 0.651. The fraction of sp³-hybridized carbons (Fsp3) is 0.0444. The summed E-state index contributed by atoms with van der Waals surface area (Å²) >= 11 is 0. The highest BCUT2D eigenvalue weighted by molar-refractivity contribution is 6.11. The molecule has 0 aliphatic heterocycles. The second kappa shape index (κ2) is 10.9. The third-order valence-electron chi connectivity index (χ3n) is 9.75. The second-order valence-electron chi connectivity index (χ2n) is 12.6. The van der Waals surface area contributed by atoms with E-state index in [4.69, 9.17) is 0 Å². The first-order valence-corrected chi connectivity index (χ1v) is 16.3. The van der Waals surface area contributed by atoms with Crippen LogP contribution in [0.25, 0.3) is 77.2 Å². The van der Waals surface area contributed by atoms with Gasteiger partial charge in [-0.3, -0.25) is 0 Å². The van der Waals surface area contributed by atoms with Gasteiger partial charge in [-0.05, 0) is 84.6 Å². The molecule has 0 spiro atoms. The molecule has 0 bridgehead atoms. The Balaban J connectivity index is 1.28. The van der Waals surface area contributed by atoms with Crippen LogP contribution in [-0.2, 0) is 0 Å². The second-order valence-corrected chi connectivity index (χ2v) is 12.6. The van der Waals surface area contributed by atoms with Crippen LogP contribution in [0.4, 0.5) is 0 Å². The molecule has 0 amide bonds. The molecule has 9 aromatic rings. The van der Waals surface area contributed by atoms with Gasteiger partial charge in [-0.1, -0.05) is 109 Å². The molecule has 0 unspecified atom stereocenters. The molecule has 3 nitrogen and oxygen atoms in total. The highest BCUT2D eigenvalue weighted by Gasteiger charge is 2.19. The van der Waals surface area contributed by atoms with Gasteiger partial charge >= 0.3 is 0 Å². The van der Waals surface area contributed by atoms with E-state index in [9.17, 15) is 5.26 Å². The number of benzene rings is 7. The fourth-order valence-electron chi connectivity index (χ4n) is 7.53. The van der Waals surface area contributed by atoms with E-state index < -0.39 is 0 Å². The van der Waals surface area contributed by atoms with Crippen LogP contribution in [0.15, 0.2) is 152 Å². The number of nitrogens with zero attached hydrogens (tertiary/aromatic N) is 3. The highest BCUT2D eigenvalue weighted by Crippen LogP contribution is 2.41. The molecular formula is C45H31N3. The monoisotopic (exact) mass is 613 g/mol. The smallest absolute Gasteiger partial charge is 0.0992 e. The number of hydrogen-bond acceptors (Lipinski definition) is 1. The van der Waals surface area contributed by atoms with E-state index in [2.05, 4.69) is 169 Å². The molecule has 48 heavy (non-hydrogen) atoms. The van der Waals surface area contributed by atoms with Gasteiger partial charge in [-0.25, -0.2) is 0 Å². The number of nitriles is 1. The molecule has 0 saturated heterocycles. The summed E-state index contributed by atoms with van der Waals surface area (Å²) in [6.45, 7) is 4.33. The van der Waals surface area contributed by atoms with E-state index in [1.807, 2.05) is 12.1 Å². The predicted octanol–water partition coefficient (Wildman–Crippen LogP) is 11.7. The topological polar surface area (TPSA) is 33.6 Å². The van der Waals surface area contributed by atoms with E-state index in [1.165, 1.54) is 49.6 Å². The summed E-state index contributed by atoms with van der Waals surface area (Å²) < 4.78 is 4.74. The van der Waals surface area contributed by atoms with Crippen molar-refractivity contribution in [1.29, 1.82) is 5.26 Å². The average Bonchev–Trinajstić information content (AvgIpc) is 3.64. The molecule has 0 aliphatic rings. The lowest BCUT2D eigenvalue weighted by Gasteiger charge is -2.18. The molecule has 0 radical (unpaired) electrons.